The maximum Gasteiger partial charge on any atom is 0.113 e. The summed E-state index contributed by atoms with van der Waals surface area (Å²) < 4.78 is 5.15. The van der Waals surface area contributed by atoms with E-state index in [0.717, 1.165) is 17.3 Å². The lowest BCUT2D eigenvalue weighted by Gasteiger charge is -2.01. The summed E-state index contributed by atoms with van der Waals surface area (Å²) in [6, 6.07) is 4.16. The molecule has 0 aromatic carbocycles. The Morgan fingerprint density at radius 1 is 1.73 bits per heavy atom. The zero-order valence-corrected chi connectivity index (χ0v) is 7.43. The van der Waals surface area contributed by atoms with Gasteiger partial charge in [-0.2, -0.15) is 11.8 Å². The van der Waals surface area contributed by atoms with Crippen LogP contribution in [0.5, 0.6) is 0 Å². The van der Waals surface area contributed by atoms with Crippen molar-refractivity contribution in [1.29, 1.82) is 0 Å². The lowest BCUT2D eigenvalue weighted by atomic mass is 10.4. The molecule has 1 atom stereocenters. The number of furan rings is 1. The Kier molecular flexibility index (Phi) is 3.52. The van der Waals surface area contributed by atoms with Crippen LogP contribution in [0.3, 0.4) is 0 Å². The summed E-state index contributed by atoms with van der Waals surface area (Å²) in [6.45, 7) is 2.01. The second kappa shape index (κ2) is 4.46. The van der Waals surface area contributed by atoms with Gasteiger partial charge in [0.1, 0.15) is 5.76 Å². The molecule has 2 N–H and O–H groups in total. The minimum Gasteiger partial charge on any atom is -0.468 e. The van der Waals surface area contributed by atoms with Crippen molar-refractivity contribution in [2.45, 2.75) is 18.7 Å². The van der Waals surface area contributed by atoms with Gasteiger partial charge in [0.2, 0.25) is 0 Å². The number of hydrogen-bond donors (Lipinski definition) is 1. The van der Waals surface area contributed by atoms with Crippen molar-refractivity contribution in [2.24, 2.45) is 5.73 Å². The summed E-state index contributed by atoms with van der Waals surface area (Å²) in [6.07, 6.45) is 1.70. The minimum absolute atomic E-state index is 0.273. The molecule has 3 heteroatoms. The third-order valence-electron chi connectivity index (χ3n) is 1.21. The van der Waals surface area contributed by atoms with E-state index in [1.807, 2.05) is 19.1 Å². The summed E-state index contributed by atoms with van der Waals surface area (Å²) in [5.74, 6) is 2.94. The molecule has 0 fully saturated rings. The molecule has 1 heterocycles. The minimum atomic E-state index is 0.273. The maximum absolute atomic E-state index is 5.58. The van der Waals surface area contributed by atoms with E-state index < -0.39 is 0 Å². The smallest absolute Gasteiger partial charge is 0.113 e. The predicted molar refractivity (Wildman–Crippen MR) is 48.5 cm³/mol. The topological polar surface area (TPSA) is 39.2 Å². The molecule has 0 aliphatic rings. The van der Waals surface area contributed by atoms with Gasteiger partial charge in [0.05, 0.1) is 12.0 Å². The highest BCUT2D eigenvalue weighted by molar-refractivity contribution is 7.98. The Morgan fingerprint density at radius 2 is 2.55 bits per heavy atom. The predicted octanol–water partition coefficient (Wildman–Crippen LogP) is 1.86. The van der Waals surface area contributed by atoms with Gasteiger partial charge in [-0.3, -0.25) is 0 Å². The monoisotopic (exact) mass is 171 g/mol. The Bertz CT molecular complexity index is 184. The molecule has 0 saturated heterocycles. The third kappa shape index (κ3) is 3.49. The zero-order chi connectivity index (χ0) is 8.10. The van der Waals surface area contributed by atoms with Crippen molar-refractivity contribution >= 4 is 11.8 Å². The Hall–Kier alpha value is -0.410. The maximum atomic E-state index is 5.58. The SMILES string of the molecule is C[C@H](N)CSCc1ccco1. The zero-order valence-electron chi connectivity index (χ0n) is 6.62. The standard InChI is InChI=1S/C8H13NOS/c1-7(9)5-11-6-8-3-2-4-10-8/h2-4,7H,5-6,9H2,1H3/t7-/m0/s1. The molecule has 0 unspecified atom stereocenters. The molecule has 2 nitrogen and oxygen atoms in total. The first kappa shape index (κ1) is 8.68. The first-order valence-electron chi connectivity index (χ1n) is 3.65. The molecule has 0 saturated carbocycles. The summed E-state index contributed by atoms with van der Waals surface area (Å²) in [5.41, 5.74) is 5.58. The van der Waals surface area contributed by atoms with E-state index in [2.05, 4.69) is 0 Å². The molecular formula is C8H13NOS. The lowest BCUT2D eigenvalue weighted by molar-refractivity contribution is 0.530. The van der Waals surface area contributed by atoms with Crippen LogP contribution in [0.4, 0.5) is 0 Å². The van der Waals surface area contributed by atoms with Gasteiger partial charge in [-0.15, -0.1) is 0 Å². The van der Waals surface area contributed by atoms with Gasteiger partial charge in [0.15, 0.2) is 0 Å². The van der Waals surface area contributed by atoms with Crippen LogP contribution in [0.25, 0.3) is 0 Å². The fourth-order valence-electron chi connectivity index (χ4n) is 0.740. The number of hydrogen-bond acceptors (Lipinski definition) is 3. The van der Waals surface area contributed by atoms with E-state index in [1.165, 1.54) is 0 Å². The fraction of sp³-hybridized carbons (Fsp3) is 0.500. The molecule has 0 aliphatic heterocycles. The van der Waals surface area contributed by atoms with E-state index in [-0.39, 0.29) is 6.04 Å². The Balaban J connectivity index is 2.14. The van der Waals surface area contributed by atoms with Crippen molar-refractivity contribution in [3.8, 4) is 0 Å². The summed E-state index contributed by atoms with van der Waals surface area (Å²) in [4.78, 5) is 0. The molecule has 1 aromatic rings. The second-order valence-corrected chi connectivity index (χ2v) is 3.60. The second-order valence-electron chi connectivity index (χ2n) is 2.57. The van der Waals surface area contributed by atoms with E-state index in [1.54, 1.807) is 18.0 Å². The van der Waals surface area contributed by atoms with Gasteiger partial charge in [-0.1, -0.05) is 0 Å². The van der Waals surface area contributed by atoms with Crippen molar-refractivity contribution in [1.82, 2.24) is 0 Å². The van der Waals surface area contributed by atoms with Crippen LogP contribution in [-0.2, 0) is 5.75 Å². The largest absolute Gasteiger partial charge is 0.468 e. The average Bonchev–Trinajstić information content (AvgIpc) is 2.39. The quantitative estimate of drug-likeness (QED) is 0.751. The molecule has 0 aliphatic carbocycles. The summed E-state index contributed by atoms with van der Waals surface area (Å²) >= 11 is 1.80. The van der Waals surface area contributed by atoms with Crippen LogP contribution < -0.4 is 5.73 Å². The van der Waals surface area contributed by atoms with Crippen molar-refractivity contribution in [3.05, 3.63) is 24.2 Å². The van der Waals surface area contributed by atoms with Gasteiger partial charge in [0.25, 0.3) is 0 Å². The number of thioether (sulfide) groups is 1. The number of rotatable bonds is 4. The Labute approximate surface area is 71.1 Å². The van der Waals surface area contributed by atoms with Gasteiger partial charge < -0.3 is 10.2 Å². The summed E-state index contributed by atoms with van der Waals surface area (Å²) in [5, 5.41) is 0. The third-order valence-corrected chi connectivity index (χ3v) is 2.46. The Morgan fingerprint density at radius 3 is 3.09 bits per heavy atom. The highest BCUT2D eigenvalue weighted by atomic mass is 32.2. The van der Waals surface area contributed by atoms with Gasteiger partial charge in [-0.25, -0.2) is 0 Å². The molecule has 1 aromatic heterocycles. The highest BCUT2D eigenvalue weighted by Gasteiger charge is 1.97. The fourth-order valence-corrected chi connectivity index (χ4v) is 1.60. The molecule has 62 valence electrons. The van der Waals surface area contributed by atoms with Crippen molar-refractivity contribution < 1.29 is 4.42 Å². The first-order chi connectivity index (χ1) is 5.29. The normalized spacial score (nSPS) is 13.3. The van der Waals surface area contributed by atoms with Gasteiger partial charge in [0, 0.05) is 11.8 Å². The van der Waals surface area contributed by atoms with E-state index in [0.29, 0.717) is 0 Å². The van der Waals surface area contributed by atoms with Crippen LogP contribution >= 0.6 is 11.8 Å². The van der Waals surface area contributed by atoms with Crippen LogP contribution in [0.1, 0.15) is 12.7 Å². The van der Waals surface area contributed by atoms with Crippen molar-refractivity contribution in [2.75, 3.05) is 5.75 Å². The highest BCUT2D eigenvalue weighted by Crippen LogP contribution is 2.12. The van der Waals surface area contributed by atoms with Gasteiger partial charge >= 0.3 is 0 Å². The lowest BCUT2D eigenvalue weighted by Crippen LogP contribution is -2.17. The van der Waals surface area contributed by atoms with E-state index in [4.69, 9.17) is 10.2 Å². The molecule has 0 spiro atoms. The van der Waals surface area contributed by atoms with Gasteiger partial charge in [-0.05, 0) is 19.1 Å². The van der Waals surface area contributed by atoms with E-state index in [9.17, 15) is 0 Å². The average molecular weight is 171 g/mol. The van der Waals surface area contributed by atoms with E-state index >= 15 is 0 Å². The molecule has 11 heavy (non-hydrogen) atoms. The molecule has 0 radical (unpaired) electrons. The molecule has 1 rings (SSSR count). The van der Waals surface area contributed by atoms with Crippen LogP contribution in [0, 0.1) is 0 Å². The summed E-state index contributed by atoms with van der Waals surface area (Å²) in [7, 11) is 0. The molecule has 0 bridgehead atoms. The molecule has 0 amide bonds. The molecular weight excluding hydrogens is 158 g/mol. The van der Waals surface area contributed by atoms with Crippen molar-refractivity contribution in [3.63, 3.8) is 0 Å². The first-order valence-corrected chi connectivity index (χ1v) is 4.80. The number of nitrogens with two attached hydrogens (primary N) is 1. The van der Waals surface area contributed by atoms with Crippen LogP contribution in [0.15, 0.2) is 22.8 Å². The van der Waals surface area contributed by atoms with Crippen LogP contribution in [-0.4, -0.2) is 11.8 Å². The van der Waals surface area contributed by atoms with Crippen LogP contribution in [0.2, 0.25) is 0 Å².